The van der Waals surface area contributed by atoms with Gasteiger partial charge in [-0.25, -0.2) is 14.4 Å². The lowest BCUT2D eigenvalue weighted by Crippen LogP contribution is -2.70. The highest BCUT2D eigenvalue weighted by Gasteiger charge is 2.69. The number of carbonyl (C=O) groups is 3. The number of rotatable bonds is 7. The molecule has 0 aliphatic heterocycles. The first-order valence-electron chi connectivity index (χ1n) is 12.8. The summed E-state index contributed by atoms with van der Waals surface area (Å²) in [5.41, 5.74) is -3.40. The number of aliphatic carboxylic acids is 1. The molecular weight excluding hydrogens is 540 g/mol. The van der Waals surface area contributed by atoms with Gasteiger partial charge in [-0.2, -0.15) is 0 Å². The SMILES string of the molecule is O=C(/C=C/c1ccc(O)c(O)c1)O[C@H]1[C@H](O)C[C@](O)(C(=O)O)C2(CCCC2)[C@H]1OC(=O)/C=C/c1ccc(O)c(O)c1. The summed E-state index contributed by atoms with van der Waals surface area (Å²) >= 11 is 0. The van der Waals surface area contributed by atoms with Crippen LogP contribution in [0.2, 0.25) is 0 Å². The van der Waals surface area contributed by atoms with E-state index in [4.69, 9.17) is 9.47 Å². The fourth-order valence-electron chi connectivity index (χ4n) is 5.65. The zero-order chi connectivity index (χ0) is 29.9. The lowest BCUT2D eigenvalue weighted by Gasteiger charge is -2.53. The Balaban J connectivity index is 1.63. The number of hydrogen-bond donors (Lipinski definition) is 7. The Morgan fingerprint density at radius 2 is 1.27 bits per heavy atom. The maximum Gasteiger partial charge on any atom is 0.336 e. The highest BCUT2D eigenvalue weighted by molar-refractivity contribution is 5.89. The molecule has 12 nitrogen and oxygen atoms in total. The number of benzene rings is 2. The van der Waals surface area contributed by atoms with Crippen molar-refractivity contribution < 1.29 is 59.6 Å². The number of ether oxygens (including phenoxy) is 2. The van der Waals surface area contributed by atoms with Crippen LogP contribution in [0.1, 0.15) is 43.2 Å². The molecule has 7 N–H and O–H groups in total. The van der Waals surface area contributed by atoms with Crippen LogP contribution in [0.5, 0.6) is 23.0 Å². The fraction of sp³-hybridized carbons (Fsp3) is 0.345. The van der Waals surface area contributed by atoms with Crippen molar-refractivity contribution in [3.8, 4) is 23.0 Å². The Hall–Kier alpha value is -4.55. The van der Waals surface area contributed by atoms with Crippen molar-refractivity contribution in [2.45, 2.75) is 56.0 Å². The summed E-state index contributed by atoms with van der Waals surface area (Å²) in [6.45, 7) is 0. The van der Waals surface area contributed by atoms with Crippen LogP contribution in [-0.2, 0) is 23.9 Å². The predicted octanol–water partition coefficient (Wildman–Crippen LogP) is 2.20. The number of aromatic hydroxyl groups is 4. The number of aliphatic hydroxyl groups is 2. The first-order valence-corrected chi connectivity index (χ1v) is 12.8. The van der Waals surface area contributed by atoms with Gasteiger partial charge in [0.1, 0.15) is 0 Å². The molecule has 2 aliphatic rings. The third-order valence-corrected chi connectivity index (χ3v) is 7.72. The normalized spacial score (nSPS) is 25.5. The van der Waals surface area contributed by atoms with Crippen LogP contribution in [0, 0.1) is 5.41 Å². The molecular formula is C29H30O12. The minimum atomic E-state index is -2.48. The number of carboxylic acid groups (broad SMARTS) is 1. The molecule has 0 unspecified atom stereocenters. The van der Waals surface area contributed by atoms with Crippen molar-refractivity contribution in [1.82, 2.24) is 0 Å². The van der Waals surface area contributed by atoms with E-state index in [2.05, 4.69) is 0 Å². The summed E-state index contributed by atoms with van der Waals surface area (Å²) in [7, 11) is 0. The topological polar surface area (TPSA) is 211 Å². The molecule has 0 heterocycles. The average Bonchev–Trinajstić information content (AvgIpc) is 3.42. The number of carbonyl (C=O) groups excluding carboxylic acids is 2. The van der Waals surface area contributed by atoms with Crippen LogP contribution < -0.4 is 0 Å². The fourth-order valence-corrected chi connectivity index (χ4v) is 5.65. The van der Waals surface area contributed by atoms with Crippen molar-refractivity contribution >= 4 is 30.1 Å². The van der Waals surface area contributed by atoms with Crippen molar-refractivity contribution in [1.29, 1.82) is 0 Å². The lowest BCUT2D eigenvalue weighted by atomic mass is 9.58. The standard InChI is InChI=1S/C29H30O12/c30-18-7-3-16(13-20(18)32)5-9-23(35)40-25-22(34)15-29(39,27(37)38)28(11-1-2-12-28)26(25)41-24(36)10-6-17-4-8-19(31)21(33)14-17/h3-10,13-14,22,25-26,30-34,39H,1-2,11-12,15H2,(H,37,38)/b9-5+,10-6+/t22-,25+,26+,29+/m1/s1. The lowest BCUT2D eigenvalue weighted by molar-refractivity contribution is -0.252. The molecule has 0 radical (unpaired) electrons. The molecule has 1 spiro atoms. The molecule has 2 aromatic rings. The van der Waals surface area contributed by atoms with Gasteiger partial charge in [-0.05, 0) is 60.4 Å². The van der Waals surface area contributed by atoms with Gasteiger partial charge in [-0.15, -0.1) is 0 Å². The number of phenols is 4. The Bertz CT molecular complexity index is 1390. The van der Waals surface area contributed by atoms with Crippen molar-refractivity contribution in [3.05, 3.63) is 59.7 Å². The summed E-state index contributed by atoms with van der Waals surface area (Å²) in [6.07, 6.45) is 0.247. The summed E-state index contributed by atoms with van der Waals surface area (Å²) in [6, 6.07) is 7.63. The number of carboxylic acids is 1. The zero-order valence-corrected chi connectivity index (χ0v) is 21.7. The van der Waals surface area contributed by atoms with Crippen molar-refractivity contribution in [3.63, 3.8) is 0 Å². The molecule has 4 atom stereocenters. The second-order valence-corrected chi connectivity index (χ2v) is 10.2. The molecule has 0 saturated heterocycles. The summed E-state index contributed by atoms with van der Waals surface area (Å²) < 4.78 is 11.1. The van der Waals surface area contributed by atoms with Crippen LogP contribution in [0.15, 0.2) is 48.6 Å². The molecule has 12 heteroatoms. The van der Waals surface area contributed by atoms with Crippen LogP contribution in [0.3, 0.4) is 0 Å². The first-order chi connectivity index (χ1) is 19.4. The Labute approximate surface area is 234 Å². The Morgan fingerprint density at radius 1 is 0.780 bits per heavy atom. The molecule has 0 bridgehead atoms. The van der Waals surface area contributed by atoms with E-state index in [-0.39, 0.29) is 24.3 Å². The van der Waals surface area contributed by atoms with Gasteiger partial charge in [0.2, 0.25) is 0 Å². The van der Waals surface area contributed by atoms with E-state index in [1.165, 1.54) is 48.6 Å². The van der Waals surface area contributed by atoms with Gasteiger partial charge in [0.05, 0.1) is 11.5 Å². The van der Waals surface area contributed by atoms with Crippen molar-refractivity contribution in [2.75, 3.05) is 0 Å². The van der Waals surface area contributed by atoms with E-state index in [9.17, 15) is 50.1 Å². The third kappa shape index (κ3) is 5.83. The molecule has 41 heavy (non-hydrogen) atoms. The number of aliphatic hydroxyl groups excluding tert-OH is 1. The van der Waals surface area contributed by atoms with Crippen LogP contribution in [0.4, 0.5) is 0 Å². The molecule has 4 rings (SSSR count). The predicted molar refractivity (Wildman–Crippen MR) is 141 cm³/mol. The number of hydrogen-bond acceptors (Lipinski definition) is 11. The van der Waals surface area contributed by atoms with Gasteiger partial charge in [0, 0.05) is 18.6 Å². The minimum absolute atomic E-state index is 0.118. The largest absolute Gasteiger partial charge is 0.504 e. The maximum atomic E-state index is 12.9. The molecule has 0 amide bonds. The van der Waals surface area contributed by atoms with Gasteiger partial charge in [-0.1, -0.05) is 25.0 Å². The molecule has 2 saturated carbocycles. The van der Waals surface area contributed by atoms with E-state index in [1.54, 1.807) is 0 Å². The van der Waals surface area contributed by atoms with Crippen molar-refractivity contribution in [2.24, 2.45) is 5.41 Å². The summed E-state index contributed by atoms with van der Waals surface area (Å²) in [4.78, 5) is 38.0. The molecule has 2 aromatic carbocycles. The van der Waals surface area contributed by atoms with Crippen LogP contribution in [0.25, 0.3) is 12.2 Å². The number of phenolic OH excluding ortho intramolecular Hbond substituents is 4. The Morgan fingerprint density at radius 3 is 1.73 bits per heavy atom. The number of esters is 2. The molecule has 2 fully saturated rings. The van der Waals surface area contributed by atoms with E-state index in [0.717, 1.165) is 12.2 Å². The van der Waals surface area contributed by atoms with Crippen LogP contribution in [-0.4, -0.2) is 77.6 Å². The minimum Gasteiger partial charge on any atom is -0.504 e. The summed E-state index contributed by atoms with van der Waals surface area (Å²) in [5, 5.41) is 70.5. The average molecular weight is 571 g/mol. The quantitative estimate of drug-likeness (QED) is 0.145. The molecule has 218 valence electrons. The highest BCUT2D eigenvalue weighted by atomic mass is 16.6. The smallest absolute Gasteiger partial charge is 0.336 e. The Kier molecular flexibility index (Phi) is 8.27. The van der Waals surface area contributed by atoms with E-state index < -0.39 is 65.2 Å². The zero-order valence-electron chi connectivity index (χ0n) is 21.7. The van der Waals surface area contributed by atoms with E-state index in [1.807, 2.05) is 0 Å². The molecule has 0 aromatic heterocycles. The van der Waals surface area contributed by atoms with Gasteiger partial charge in [0.15, 0.2) is 40.8 Å². The third-order valence-electron chi connectivity index (χ3n) is 7.72. The van der Waals surface area contributed by atoms with Gasteiger partial charge in [0.25, 0.3) is 0 Å². The van der Waals surface area contributed by atoms with Gasteiger partial charge in [-0.3, -0.25) is 0 Å². The van der Waals surface area contributed by atoms with Crippen LogP contribution >= 0.6 is 0 Å². The van der Waals surface area contributed by atoms with E-state index >= 15 is 0 Å². The second kappa shape index (κ2) is 11.5. The second-order valence-electron chi connectivity index (χ2n) is 10.2. The van der Waals surface area contributed by atoms with Gasteiger partial charge >= 0.3 is 17.9 Å². The monoisotopic (exact) mass is 570 g/mol. The maximum absolute atomic E-state index is 12.9. The molecule has 2 aliphatic carbocycles. The van der Waals surface area contributed by atoms with E-state index in [0.29, 0.717) is 24.0 Å². The van der Waals surface area contributed by atoms with Gasteiger partial charge < -0.3 is 45.2 Å². The first kappa shape index (κ1) is 29.4. The summed E-state index contributed by atoms with van der Waals surface area (Å²) in [5.74, 6) is -5.14. The highest BCUT2D eigenvalue weighted by Crippen LogP contribution is 2.56.